The third-order valence-electron chi connectivity index (χ3n) is 3.14. The van der Waals surface area contributed by atoms with E-state index in [1.807, 2.05) is 12.1 Å². The van der Waals surface area contributed by atoms with E-state index in [0.29, 0.717) is 0 Å². The highest BCUT2D eigenvalue weighted by molar-refractivity contribution is 5.38. The summed E-state index contributed by atoms with van der Waals surface area (Å²) >= 11 is 0. The quantitative estimate of drug-likeness (QED) is 0.825. The third-order valence-corrected chi connectivity index (χ3v) is 3.14. The predicted octanol–water partition coefficient (Wildman–Crippen LogP) is 2.48. The number of nitriles is 1. The molecule has 1 saturated carbocycles. The molecule has 1 aromatic heterocycles. The van der Waals surface area contributed by atoms with Crippen LogP contribution in [0.5, 0.6) is 0 Å². The Labute approximate surface area is 95.7 Å². The summed E-state index contributed by atoms with van der Waals surface area (Å²) < 4.78 is 0. The smallest absolute Gasteiger partial charge is 0.234 e. The highest BCUT2D eigenvalue weighted by Crippen LogP contribution is 2.30. The van der Waals surface area contributed by atoms with Crippen molar-refractivity contribution in [2.75, 3.05) is 5.32 Å². The Hall–Kier alpha value is -1.63. The molecule has 0 saturated heterocycles. The van der Waals surface area contributed by atoms with Gasteiger partial charge in [-0.25, -0.2) is 9.97 Å². The van der Waals surface area contributed by atoms with Gasteiger partial charge in [0.25, 0.3) is 0 Å². The third kappa shape index (κ3) is 2.48. The summed E-state index contributed by atoms with van der Waals surface area (Å²) in [5, 5.41) is 12.2. The van der Waals surface area contributed by atoms with Crippen molar-refractivity contribution in [1.82, 2.24) is 9.97 Å². The van der Waals surface area contributed by atoms with Gasteiger partial charge in [-0.1, -0.05) is 19.3 Å². The van der Waals surface area contributed by atoms with E-state index in [1.165, 1.54) is 32.1 Å². The van der Waals surface area contributed by atoms with Gasteiger partial charge in [0, 0.05) is 11.7 Å². The minimum Gasteiger partial charge on any atom is -0.365 e. The van der Waals surface area contributed by atoms with E-state index in [9.17, 15) is 0 Å². The summed E-state index contributed by atoms with van der Waals surface area (Å²) in [7, 11) is 0. The van der Waals surface area contributed by atoms with Gasteiger partial charge >= 0.3 is 0 Å². The minimum atomic E-state index is 0.124. The topological polar surface area (TPSA) is 61.6 Å². The highest BCUT2D eigenvalue weighted by Gasteiger charge is 2.26. The maximum Gasteiger partial charge on any atom is 0.234 e. The SMILES string of the molecule is CC1(Nc2ccnc(C#N)n2)CCCCC1. The maximum atomic E-state index is 8.73. The molecule has 0 amide bonds. The predicted molar refractivity (Wildman–Crippen MR) is 61.9 cm³/mol. The second-order valence-electron chi connectivity index (χ2n) is 4.62. The van der Waals surface area contributed by atoms with Crippen molar-refractivity contribution < 1.29 is 0 Å². The molecule has 2 rings (SSSR count). The van der Waals surface area contributed by atoms with Crippen LogP contribution in [0.4, 0.5) is 5.82 Å². The molecule has 0 atom stereocenters. The van der Waals surface area contributed by atoms with Crippen molar-refractivity contribution in [3.05, 3.63) is 18.1 Å². The summed E-state index contributed by atoms with van der Waals surface area (Å²) in [6.45, 7) is 2.22. The first kappa shape index (κ1) is 10.9. The van der Waals surface area contributed by atoms with Crippen LogP contribution in [0.25, 0.3) is 0 Å². The van der Waals surface area contributed by atoms with Gasteiger partial charge in [0.2, 0.25) is 5.82 Å². The summed E-state index contributed by atoms with van der Waals surface area (Å²) in [5.74, 6) is 0.986. The van der Waals surface area contributed by atoms with Crippen LogP contribution < -0.4 is 5.32 Å². The molecule has 4 nitrogen and oxygen atoms in total. The van der Waals surface area contributed by atoms with Crippen LogP contribution in [-0.4, -0.2) is 15.5 Å². The van der Waals surface area contributed by atoms with Crippen molar-refractivity contribution >= 4 is 5.82 Å². The molecule has 1 heterocycles. The molecule has 0 radical (unpaired) electrons. The van der Waals surface area contributed by atoms with Crippen LogP contribution >= 0.6 is 0 Å². The van der Waals surface area contributed by atoms with Gasteiger partial charge in [-0.2, -0.15) is 5.26 Å². The Bertz CT molecular complexity index is 402. The number of aromatic nitrogens is 2. The molecule has 16 heavy (non-hydrogen) atoms. The monoisotopic (exact) mass is 216 g/mol. The standard InChI is InChI=1S/C12H16N4/c1-12(6-3-2-4-7-12)16-10-5-8-14-11(9-13)15-10/h5,8H,2-4,6-7H2,1H3,(H,14,15,16). The van der Waals surface area contributed by atoms with Gasteiger partial charge in [-0.15, -0.1) is 0 Å². The first-order valence-corrected chi connectivity index (χ1v) is 5.73. The number of rotatable bonds is 2. The highest BCUT2D eigenvalue weighted by atomic mass is 15.1. The fourth-order valence-electron chi connectivity index (χ4n) is 2.25. The van der Waals surface area contributed by atoms with E-state index in [4.69, 9.17) is 5.26 Å². The van der Waals surface area contributed by atoms with Gasteiger partial charge in [0.05, 0.1) is 0 Å². The average molecular weight is 216 g/mol. The van der Waals surface area contributed by atoms with Crippen molar-refractivity contribution in [2.24, 2.45) is 0 Å². The van der Waals surface area contributed by atoms with E-state index in [-0.39, 0.29) is 11.4 Å². The molecule has 0 unspecified atom stereocenters. The Morgan fingerprint density at radius 3 is 2.81 bits per heavy atom. The largest absolute Gasteiger partial charge is 0.365 e. The Balaban J connectivity index is 2.10. The van der Waals surface area contributed by atoms with Crippen molar-refractivity contribution in [1.29, 1.82) is 5.26 Å². The van der Waals surface area contributed by atoms with Crippen LogP contribution in [0, 0.1) is 11.3 Å². The molecule has 0 spiro atoms. The number of anilines is 1. The maximum absolute atomic E-state index is 8.73. The summed E-state index contributed by atoms with van der Waals surface area (Å²) in [5.41, 5.74) is 0.124. The van der Waals surface area contributed by atoms with Crippen LogP contribution in [0.15, 0.2) is 12.3 Å². The van der Waals surface area contributed by atoms with E-state index < -0.39 is 0 Å². The van der Waals surface area contributed by atoms with Crippen LogP contribution in [0.2, 0.25) is 0 Å². The Morgan fingerprint density at radius 1 is 1.38 bits per heavy atom. The number of nitrogens with zero attached hydrogens (tertiary/aromatic N) is 3. The number of nitrogens with one attached hydrogen (secondary N) is 1. The van der Waals surface area contributed by atoms with Crippen LogP contribution in [-0.2, 0) is 0 Å². The zero-order valence-corrected chi connectivity index (χ0v) is 9.53. The summed E-state index contributed by atoms with van der Waals surface area (Å²) in [6, 6.07) is 3.78. The Kier molecular flexibility index (Phi) is 3.04. The molecule has 1 N–H and O–H groups in total. The molecule has 0 aromatic carbocycles. The fraction of sp³-hybridized carbons (Fsp3) is 0.583. The minimum absolute atomic E-state index is 0.124. The van der Waals surface area contributed by atoms with E-state index in [2.05, 4.69) is 22.2 Å². The van der Waals surface area contributed by atoms with Gasteiger partial charge in [-0.05, 0) is 25.8 Å². The van der Waals surface area contributed by atoms with E-state index >= 15 is 0 Å². The van der Waals surface area contributed by atoms with Gasteiger partial charge < -0.3 is 5.32 Å². The lowest BCUT2D eigenvalue weighted by atomic mass is 9.83. The average Bonchev–Trinajstić information content (AvgIpc) is 2.29. The molecule has 0 aliphatic heterocycles. The van der Waals surface area contributed by atoms with E-state index in [0.717, 1.165) is 5.82 Å². The zero-order chi connectivity index (χ0) is 11.4. The van der Waals surface area contributed by atoms with Gasteiger partial charge in [0.15, 0.2) is 0 Å². The molecule has 0 bridgehead atoms. The second-order valence-corrected chi connectivity index (χ2v) is 4.62. The molecular formula is C12H16N4. The molecular weight excluding hydrogens is 200 g/mol. The lowest BCUT2D eigenvalue weighted by molar-refractivity contribution is 0.348. The molecule has 1 aliphatic carbocycles. The first-order valence-electron chi connectivity index (χ1n) is 5.73. The van der Waals surface area contributed by atoms with Crippen molar-refractivity contribution in [3.63, 3.8) is 0 Å². The number of hydrogen-bond acceptors (Lipinski definition) is 4. The molecule has 1 aliphatic rings. The summed E-state index contributed by atoms with van der Waals surface area (Å²) in [6.07, 6.45) is 7.81. The molecule has 1 aromatic rings. The van der Waals surface area contributed by atoms with Crippen LogP contribution in [0.1, 0.15) is 44.9 Å². The molecule has 84 valence electrons. The van der Waals surface area contributed by atoms with Crippen LogP contribution in [0.3, 0.4) is 0 Å². The zero-order valence-electron chi connectivity index (χ0n) is 9.53. The van der Waals surface area contributed by atoms with E-state index in [1.54, 1.807) is 6.20 Å². The lowest BCUT2D eigenvalue weighted by Crippen LogP contribution is -2.37. The molecule has 4 heteroatoms. The second kappa shape index (κ2) is 4.48. The normalized spacial score (nSPS) is 18.8. The van der Waals surface area contributed by atoms with Crippen molar-refractivity contribution in [2.45, 2.75) is 44.6 Å². The fourth-order valence-corrected chi connectivity index (χ4v) is 2.25. The summed E-state index contributed by atoms with van der Waals surface area (Å²) in [4.78, 5) is 8.01. The van der Waals surface area contributed by atoms with Crippen molar-refractivity contribution in [3.8, 4) is 6.07 Å². The Morgan fingerprint density at radius 2 is 2.12 bits per heavy atom. The first-order chi connectivity index (χ1) is 7.72. The van der Waals surface area contributed by atoms with Gasteiger partial charge in [-0.3, -0.25) is 0 Å². The van der Waals surface area contributed by atoms with Gasteiger partial charge in [0.1, 0.15) is 11.9 Å². The number of hydrogen-bond donors (Lipinski definition) is 1. The lowest BCUT2D eigenvalue weighted by Gasteiger charge is -2.35. The molecule has 1 fully saturated rings.